The largest absolute Gasteiger partial charge is 0.492 e. The Morgan fingerprint density at radius 1 is 1.12 bits per heavy atom. The molecule has 2 aromatic carbocycles. The summed E-state index contributed by atoms with van der Waals surface area (Å²) in [6.07, 6.45) is 0.972. The molecule has 2 amide bonds. The molecule has 0 aliphatic carbocycles. The van der Waals surface area contributed by atoms with Gasteiger partial charge in [0.1, 0.15) is 12.4 Å². The minimum absolute atomic E-state index is 0.0219. The van der Waals surface area contributed by atoms with Crippen LogP contribution in [0.2, 0.25) is 5.02 Å². The van der Waals surface area contributed by atoms with Crippen molar-refractivity contribution in [2.24, 2.45) is 0 Å². The molecule has 138 valence electrons. The zero-order valence-corrected chi connectivity index (χ0v) is 15.5. The van der Waals surface area contributed by atoms with Crippen molar-refractivity contribution in [1.29, 1.82) is 0 Å². The Labute approximate surface area is 158 Å². The van der Waals surface area contributed by atoms with E-state index < -0.39 is 0 Å². The Morgan fingerprint density at radius 3 is 2.62 bits per heavy atom. The molecule has 0 aliphatic rings. The second kappa shape index (κ2) is 10.5. The summed E-state index contributed by atoms with van der Waals surface area (Å²) in [6.45, 7) is 1.35. The molecule has 0 spiro atoms. The molecule has 2 aromatic rings. The van der Waals surface area contributed by atoms with E-state index in [1.807, 2.05) is 30.3 Å². The summed E-state index contributed by atoms with van der Waals surface area (Å²) >= 11 is 5.89. The van der Waals surface area contributed by atoms with Gasteiger partial charge in [0, 0.05) is 30.6 Å². The number of hydrogen-bond donors (Lipinski definition) is 1. The third kappa shape index (κ3) is 6.76. The topological polar surface area (TPSA) is 58.6 Å². The number of hydrogen-bond acceptors (Lipinski definition) is 3. The number of likely N-dealkylation sites (N-methyl/N-ethyl adjacent to an activating group) is 1. The first-order valence-corrected chi connectivity index (χ1v) is 8.89. The summed E-state index contributed by atoms with van der Waals surface area (Å²) < 4.78 is 5.58. The van der Waals surface area contributed by atoms with Gasteiger partial charge in [-0.3, -0.25) is 9.59 Å². The number of carbonyl (C=O) groups excluding carboxylic acids is 2. The Kier molecular flexibility index (Phi) is 7.96. The van der Waals surface area contributed by atoms with Crippen LogP contribution in [-0.2, 0) is 4.79 Å². The molecular weight excluding hydrogens is 352 g/mol. The van der Waals surface area contributed by atoms with Gasteiger partial charge >= 0.3 is 0 Å². The van der Waals surface area contributed by atoms with Crippen LogP contribution in [0.15, 0.2) is 54.6 Å². The molecule has 0 saturated heterocycles. The van der Waals surface area contributed by atoms with Crippen LogP contribution < -0.4 is 10.1 Å². The average molecular weight is 375 g/mol. The molecule has 26 heavy (non-hydrogen) atoms. The van der Waals surface area contributed by atoms with Gasteiger partial charge in [0.05, 0.1) is 6.54 Å². The van der Waals surface area contributed by atoms with Gasteiger partial charge in [-0.2, -0.15) is 0 Å². The molecule has 0 unspecified atom stereocenters. The molecule has 0 aliphatic heterocycles. The van der Waals surface area contributed by atoms with Crippen molar-refractivity contribution >= 4 is 23.4 Å². The second-order valence-corrected chi connectivity index (χ2v) is 6.28. The van der Waals surface area contributed by atoms with Crippen molar-refractivity contribution in [3.63, 3.8) is 0 Å². The number of benzene rings is 2. The molecule has 6 heteroatoms. The van der Waals surface area contributed by atoms with E-state index in [-0.39, 0.29) is 11.8 Å². The van der Waals surface area contributed by atoms with E-state index in [0.29, 0.717) is 48.9 Å². The maximum Gasteiger partial charge on any atom is 0.251 e. The van der Waals surface area contributed by atoms with Gasteiger partial charge in [-0.05, 0) is 36.8 Å². The number of nitrogens with one attached hydrogen (secondary N) is 1. The molecule has 1 N–H and O–H groups in total. The van der Waals surface area contributed by atoms with Gasteiger partial charge in [0.25, 0.3) is 5.91 Å². The van der Waals surface area contributed by atoms with Crippen molar-refractivity contribution in [2.75, 3.05) is 26.7 Å². The predicted molar refractivity (Wildman–Crippen MR) is 103 cm³/mol. The molecule has 2 rings (SSSR count). The zero-order chi connectivity index (χ0) is 18.8. The second-order valence-electron chi connectivity index (χ2n) is 5.85. The third-order valence-corrected chi connectivity index (χ3v) is 4.04. The fourth-order valence-electron chi connectivity index (χ4n) is 2.31. The van der Waals surface area contributed by atoms with Crippen molar-refractivity contribution in [3.05, 3.63) is 65.2 Å². The molecule has 0 bridgehead atoms. The lowest BCUT2D eigenvalue weighted by molar-refractivity contribution is -0.130. The maximum atomic E-state index is 12.1. The number of carbonyl (C=O) groups is 2. The summed E-state index contributed by atoms with van der Waals surface area (Å²) in [5.74, 6) is 0.581. The number of nitrogens with zero attached hydrogens (tertiary/aromatic N) is 1. The van der Waals surface area contributed by atoms with Crippen LogP contribution in [0.4, 0.5) is 0 Å². The number of halogens is 1. The molecular formula is C20H23ClN2O3. The summed E-state index contributed by atoms with van der Waals surface area (Å²) in [4.78, 5) is 25.6. The maximum absolute atomic E-state index is 12.1. The lowest BCUT2D eigenvalue weighted by Gasteiger charge is -2.17. The quantitative estimate of drug-likeness (QED) is 0.684. The van der Waals surface area contributed by atoms with Crippen molar-refractivity contribution in [2.45, 2.75) is 12.8 Å². The monoisotopic (exact) mass is 374 g/mol. The van der Waals surface area contributed by atoms with E-state index >= 15 is 0 Å². The summed E-state index contributed by atoms with van der Waals surface area (Å²) in [7, 11) is 1.74. The SMILES string of the molecule is CN(CCOc1cccc(Cl)c1)C(=O)CCCNC(=O)c1ccccc1. The van der Waals surface area contributed by atoms with Crippen molar-refractivity contribution < 1.29 is 14.3 Å². The Bertz CT molecular complexity index is 722. The highest BCUT2D eigenvalue weighted by Gasteiger charge is 2.09. The van der Waals surface area contributed by atoms with Gasteiger partial charge in [-0.1, -0.05) is 35.9 Å². The standard InChI is InChI=1S/C20H23ClN2O3/c1-23(13-14-26-18-10-5-9-17(21)15-18)19(24)11-6-12-22-20(25)16-7-3-2-4-8-16/h2-5,7-10,15H,6,11-14H2,1H3,(H,22,25). The molecule has 0 saturated carbocycles. The van der Waals surface area contributed by atoms with Gasteiger partial charge in [0.2, 0.25) is 5.91 Å². The fraction of sp³-hybridized carbons (Fsp3) is 0.300. The lowest BCUT2D eigenvalue weighted by atomic mass is 10.2. The van der Waals surface area contributed by atoms with E-state index in [4.69, 9.17) is 16.3 Å². The summed E-state index contributed by atoms with van der Waals surface area (Å²) in [5, 5.41) is 3.43. The van der Waals surface area contributed by atoms with E-state index in [2.05, 4.69) is 5.32 Å². The summed E-state index contributed by atoms with van der Waals surface area (Å²) in [6, 6.07) is 16.2. The predicted octanol–water partition coefficient (Wildman–Crippen LogP) is 3.39. The molecule has 0 heterocycles. The Morgan fingerprint density at radius 2 is 1.88 bits per heavy atom. The highest BCUT2D eigenvalue weighted by Crippen LogP contribution is 2.16. The first-order valence-electron chi connectivity index (χ1n) is 8.52. The molecule has 0 aromatic heterocycles. The smallest absolute Gasteiger partial charge is 0.251 e. The molecule has 5 nitrogen and oxygen atoms in total. The van der Waals surface area contributed by atoms with Crippen LogP contribution in [0, 0.1) is 0 Å². The Balaban J connectivity index is 1.60. The molecule has 0 atom stereocenters. The normalized spacial score (nSPS) is 10.2. The lowest BCUT2D eigenvalue weighted by Crippen LogP contribution is -2.32. The minimum Gasteiger partial charge on any atom is -0.492 e. The first kappa shape index (κ1) is 19.8. The molecule has 0 radical (unpaired) electrons. The van der Waals surface area contributed by atoms with Gasteiger partial charge in [0.15, 0.2) is 0 Å². The Hall–Kier alpha value is -2.53. The van der Waals surface area contributed by atoms with Crippen LogP contribution in [0.1, 0.15) is 23.2 Å². The number of ether oxygens (including phenoxy) is 1. The van der Waals surface area contributed by atoms with E-state index in [1.54, 1.807) is 36.2 Å². The van der Waals surface area contributed by atoms with E-state index in [9.17, 15) is 9.59 Å². The van der Waals surface area contributed by atoms with Crippen LogP contribution in [-0.4, -0.2) is 43.5 Å². The van der Waals surface area contributed by atoms with E-state index in [1.165, 1.54) is 0 Å². The van der Waals surface area contributed by atoms with E-state index in [0.717, 1.165) is 0 Å². The van der Waals surface area contributed by atoms with Gasteiger partial charge in [-0.15, -0.1) is 0 Å². The fourth-order valence-corrected chi connectivity index (χ4v) is 2.49. The van der Waals surface area contributed by atoms with Crippen LogP contribution in [0.5, 0.6) is 5.75 Å². The highest BCUT2D eigenvalue weighted by molar-refractivity contribution is 6.30. The summed E-state index contributed by atoms with van der Waals surface area (Å²) in [5.41, 5.74) is 0.620. The van der Waals surface area contributed by atoms with Crippen LogP contribution in [0.25, 0.3) is 0 Å². The number of amides is 2. The van der Waals surface area contributed by atoms with Crippen LogP contribution in [0.3, 0.4) is 0 Å². The van der Waals surface area contributed by atoms with Gasteiger partial charge in [-0.25, -0.2) is 0 Å². The van der Waals surface area contributed by atoms with Crippen LogP contribution >= 0.6 is 11.6 Å². The van der Waals surface area contributed by atoms with Crippen molar-refractivity contribution in [1.82, 2.24) is 10.2 Å². The highest BCUT2D eigenvalue weighted by atomic mass is 35.5. The van der Waals surface area contributed by atoms with Crippen molar-refractivity contribution in [3.8, 4) is 5.75 Å². The number of rotatable bonds is 9. The minimum atomic E-state index is -0.124. The molecule has 0 fully saturated rings. The van der Waals surface area contributed by atoms with Gasteiger partial charge < -0.3 is 15.0 Å². The average Bonchev–Trinajstić information content (AvgIpc) is 2.65. The third-order valence-electron chi connectivity index (χ3n) is 3.81. The first-order chi connectivity index (χ1) is 12.6. The zero-order valence-electron chi connectivity index (χ0n) is 14.8.